The Morgan fingerprint density at radius 2 is 1.51 bits per heavy atom. The van der Waals surface area contributed by atoms with Crippen LogP contribution in [0, 0.1) is 80.8 Å². The van der Waals surface area contributed by atoms with E-state index >= 15 is 0 Å². The molecular formula is C81H113N5O11. The van der Waals surface area contributed by atoms with Gasteiger partial charge in [-0.3, -0.25) is 28.9 Å². The molecule has 13 rings (SSSR count). The third kappa shape index (κ3) is 13.2. The van der Waals surface area contributed by atoms with Crippen molar-refractivity contribution in [3.8, 4) is 0 Å². The predicted octanol–water partition coefficient (Wildman–Crippen LogP) is 11.3. The number of unbranched alkanes of at least 4 members (excludes halogenated alkanes) is 3. The molecule has 97 heavy (non-hydrogen) atoms. The SMILES string of the molecule is CC1=C2C[C@H]3C(CC=C4CC(O)CCC43C)[C@@H]2CCC12C[C@@H]1CC(C)CN(CCNC(=O)C(CCCCNC(=O)CCCCCNC(=O)COC3CCC4(C)C(CCC5[C@@H]4CC(O)[C@@]4(C)C(C6=CC(=O)OC6)CCC54O)C3)NC(=O)c3ccc(C(=O)c4ccccc4)cc3)C1[C@H]2C. The van der Waals surface area contributed by atoms with Gasteiger partial charge in [-0.1, -0.05) is 106 Å². The van der Waals surface area contributed by atoms with Crippen LogP contribution in [0.4, 0.5) is 0 Å². The molecule has 20 atom stereocenters. The molecule has 0 aromatic heterocycles. The summed E-state index contributed by atoms with van der Waals surface area (Å²) in [6.45, 7) is 17.8. The number of piperidine rings is 1. The van der Waals surface area contributed by atoms with Crippen LogP contribution in [0.25, 0.3) is 0 Å². The number of benzene rings is 2. The monoisotopic (exact) mass is 1330 g/mol. The van der Waals surface area contributed by atoms with Gasteiger partial charge in [0.05, 0.1) is 23.9 Å². The minimum Gasteiger partial charge on any atom is -0.458 e. The lowest BCUT2D eigenvalue weighted by atomic mass is 9.42. The van der Waals surface area contributed by atoms with Crippen LogP contribution in [0.2, 0.25) is 0 Å². The van der Waals surface area contributed by atoms with Crippen LogP contribution in [0.15, 0.2) is 89.0 Å². The topological polar surface area (TPSA) is 233 Å². The van der Waals surface area contributed by atoms with Crippen molar-refractivity contribution in [2.75, 3.05) is 45.9 Å². The summed E-state index contributed by atoms with van der Waals surface area (Å²) < 4.78 is 11.5. The molecule has 7 saturated carbocycles. The number of likely N-dealkylation sites (tertiary alicyclic amines) is 1. The molecule has 11 aliphatic rings. The highest BCUT2D eigenvalue weighted by Crippen LogP contribution is 2.71. The molecule has 2 heterocycles. The Kier molecular flexibility index (Phi) is 20.5. The summed E-state index contributed by atoms with van der Waals surface area (Å²) in [5, 5.41) is 47.6. The Morgan fingerprint density at radius 1 is 0.753 bits per heavy atom. The summed E-state index contributed by atoms with van der Waals surface area (Å²) in [4.78, 5) is 82.3. The lowest BCUT2D eigenvalue weighted by molar-refractivity contribution is -0.245. The average molecular weight is 1330 g/mol. The first kappa shape index (κ1) is 69.9. The molecule has 7 N–H and O–H groups in total. The molecule has 4 amide bonds. The van der Waals surface area contributed by atoms with Gasteiger partial charge in [0.2, 0.25) is 17.7 Å². The van der Waals surface area contributed by atoms with Crippen LogP contribution < -0.4 is 21.3 Å². The second-order valence-corrected chi connectivity index (χ2v) is 33.5. The molecule has 9 aliphatic carbocycles. The Morgan fingerprint density at radius 3 is 2.28 bits per heavy atom. The Balaban J connectivity index is 0.545. The number of esters is 1. The summed E-state index contributed by atoms with van der Waals surface area (Å²) in [5.41, 5.74) is 5.90. The number of amides is 4. The molecule has 2 aromatic rings. The van der Waals surface area contributed by atoms with Crippen molar-refractivity contribution in [3.05, 3.63) is 106 Å². The number of ether oxygens (including phenoxy) is 2. The second-order valence-electron chi connectivity index (χ2n) is 33.5. The van der Waals surface area contributed by atoms with E-state index in [4.69, 9.17) is 9.47 Å². The van der Waals surface area contributed by atoms with Gasteiger partial charge in [-0.2, -0.15) is 0 Å². The maximum Gasteiger partial charge on any atom is 0.331 e. The molecule has 8 fully saturated rings. The van der Waals surface area contributed by atoms with Crippen molar-refractivity contribution < 1.29 is 53.6 Å². The number of allylic oxidation sites excluding steroid dienone is 3. The minimum atomic E-state index is -1.02. The highest BCUT2D eigenvalue weighted by Gasteiger charge is 2.71. The molecule has 1 saturated heterocycles. The van der Waals surface area contributed by atoms with Crippen molar-refractivity contribution in [2.24, 2.45) is 80.8 Å². The quantitative estimate of drug-likeness (QED) is 0.0238. The second kappa shape index (κ2) is 28.5. The van der Waals surface area contributed by atoms with Gasteiger partial charge >= 0.3 is 5.97 Å². The minimum absolute atomic E-state index is 0.0000940. The zero-order valence-corrected chi connectivity index (χ0v) is 59.0. The first-order valence-electron chi connectivity index (χ1n) is 38.1. The van der Waals surface area contributed by atoms with Crippen molar-refractivity contribution in [1.29, 1.82) is 0 Å². The average Bonchev–Trinajstić information content (AvgIpc) is 1.64. The number of hydrogen-bond acceptors (Lipinski definition) is 12. The molecule has 528 valence electrons. The lowest BCUT2D eigenvalue weighted by Gasteiger charge is -2.65. The molecule has 14 unspecified atom stereocenters. The zero-order valence-electron chi connectivity index (χ0n) is 59.0. The number of nitrogens with zero attached hydrogens (tertiary/aromatic N) is 1. The normalized spacial score (nSPS) is 38.2. The number of carbonyl (C=O) groups is 6. The Bertz CT molecular complexity index is 3370. The predicted molar refractivity (Wildman–Crippen MR) is 372 cm³/mol. The molecule has 0 bridgehead atoms. The highest BCUT2D eigenvalue weighted by molar-refractivity contribution is 6.09. The van der Waals surface area contributed by atoms with E-state index in [9.17, 15) is 44.1 Å². The first-order chi connectivity index (χ1) is 46.5. The lowest BCUT2D eigenvalue weighted by Crippen LogP contribution is -2.67. The number of fused-ring (bicyclic) bond motifs is 11. The first-order valence-corrected chi connectivity index (χ1v) is 38.1. The van der Waals surface area contributed by atoms with Gasteiger partial charge < -0.3 is 46.1 Å². The van der Waals surface area contributed by atoms with Gasteiger partial charge in [-0.15, -0.1) is 0 Å². The number of aliphatic hydroxyl groups is 3. The van der Waals surface area contributed by atoms with Crippen LogP contribution in [0.5, 0.6) is 0 Å². The Hall–Kier alpha value is -5.52. The summed E-state index contributed by atoms with van der Waals surface area (Å²) in [6.07, 6.45) is 24.1. The number of hydrogen-bond donors (Lipinski definition) is 7. The summed E-state index contributed by atoms with van der Waals surface area (Å²) in [7, 11) is 0. The maximum absolute atomic E-state index is 14.4. The number of aliphatic hydroxyl groups excluding tert-OH is 2. The number of rotatable bonds is 23. The smallest absolute Gasteiger partial charge is 0.331 e. The van der Waals surface area contributed by atoms with Gasteiger partial charge in [-0.05, 0) is 241 Å². The van der Waals surface area contributed by atoms with Gasteiger partial charge in [0.1, 0.15) is 19.3 Å². The Labute approximate surface area is 576 Å². The fourth-order valence-electron chi connectivity index (χ4n) is 23.4. The molecule has 16 nitrogen and oxygen atoms in total. The fourth-order valence-corrected chi connectivity index (χ4v) is 23.4. The highest BCUT2D eigenvalue weighted by atomic mass is 16.5. The van der Waals surface area contributed by atoms with Crippen LogP contribution in [-0.2, 0) is 28.7 Å². The van der Waals surface area contributed by atoms with E-state index in [1.807, 2.05) is 25.1 Å². The third-order valence-corrected chi connectivity index (χ3v) is 28.7. The van der Waals surface area contributed by atoms with E-state index in [2.05, 4.69) is 66.9 Å². The van der Waals surface area contributed by atoms with E-state index < -0.39 is 23.2 Å². The summed E-state index contributed by atoms with van der Waals surface area (Å²) in [5.74, 6) is 2.99. The maximum atomic E-state index is 14.4. The van der Waals surface area contributed by atoms with Crippen LogP contribution in [-0.4, -0.2) is 138 Å². The third-order valence-electron chi connectivity index (χ3n) is 28.7. The van der Waals surface area contributed by atoms with Gasteiger partial charge in [0.25, 0.3) is 5.91 Å². The van der Waals surface area contributed by atoms with Gasteiger partial charge in [0, 0.05) is 73.4 Å². The van der Waals surface area contributed by atoms with Crippen molar-refractivity contribution in [1.82, 2.24) is 26.2 Å². The zero-order chi connectivity index (χ0) is 68.2. The fraction of sp³-hybridized carbons (Fsp3) is 0.704. The van der Waals surface area contributed by atoms with E-state index in [-0.39, 0.29) is 94.8 Å². The molecule has 2 aliphatic heterocycles. The van der Waals surface area contributed by atoms with Crippen LogP contribution in [0.3, 0.4) is 0 Å². The number of cyclic esters (lactones) is 1. The van der Waals surface area contributed by atoms with Crippen LogP contribution in [0.1, 0.15) is 222 Å². The molecule has 2 aromatic carbocycles. The molecule has 1 spiro atoms. The number of nitrogens with one attached hydrogen (secondary N) is 4. The van der Waals surface area contributed by atoms with Crippen molar-refractivity contribution in [3.63, 3.8) is 0 Å². The van der Waals surface area contributed by atoms with Gasteiger partial charge in [0.15, 0.2) is 5.78 Å². The standard InChI is InChI=1S/C81H113N5O11/c1-49-39-55-45-80(33-29-61-62-25-23-57-41-59(87)27-31-77(57,4)66(62)43-63(61)50(80)2)51(3)73(55)86(46-49)38-37-84-76(94)68(85-75(93)54-21-19-53(20-22-54)74(92)52-15-9-7-10-16-52)17-12-14-36-82-70(89)18-11-8-13-35-83-71(90)48-96-60-28-32-78(5)58(42-60)24-26-65-67(78)44-69(88)79(6)64(30-34-81(65,79)95)56-40-72(91)97-47-56/h7,9-10,15-16,19-23,40,49,51,55,58-62,64-69,73,87-88,95H,8,11-14,17-18,24-39,41-48H2,1-6H3,(H,82,89)(H,83,90)(H,84,94)(H,85,93)/t49?,51-,55+,58?,59?,60?,61+,62?,64?,65?,66+,67+,68?,69?,73?,77?,78?,79-,80?,81?/m1/s1. The van der Waals surface area contributed by atoms with Gasteiger partial charge in [-0.25, -0.2) is 4.79 Å². The van der Waals surface area contributed by atoms with Crippen molar-refractivity contribution >= 4 is 35.4 Å². The van der Waals surface area contributed by atoms with Crippen LogP contribution >= 0.6 is 0 Å². The number of ketones is 1. The molecular weight excluding hydrogens is 1220 g/mol. The van der Waals surface area contributed by atoms with E-state index in [1.54, 1.807) is 53.6 Å². The number of carbonyl (C=O) groups excluding carboxylic acids is 6. The largest absolute Gasteiger partial charge is 0.458 e. The van der Waals surface area contributed by atoms with E-state index in [0.717, 1.165) is 95.7 Å². The summed E-state index contributed by atoms with van der Waals surface area (Å²) >= 11 is 0. The molecule has 16 heteroatoms. The molecule has 0 radical (unpaired) electrons. The van der Waals surface area contributed by atoms with Crippen molar-refractivity contribution in [2.45, 2.75) is 232 Å². The van der Waals surface area contributed by atoms with E-state index in [0.29, 0.717) is 129 Å². The summed E-state index contributed by atoms with van der Waals surface area (Å²) in [6, 6.07) is 15.3. The van der Waals surface area contributed by atoms with E-state index in [1.165, 1.54) is 37.7 Å².